The lowest BCUT2D eigenvalue weighted by atomic mass is 10.1. The third-order valence-corrected chi connectivity index (χ3v) is 3.07. The van der Waals surface area contributed by atoms with E-state index >= 15 is 0 Å². The lowest BCUT2D eigenvalue weighted by Gasteiger charge is -2.16. The zero-order valence-electron chi connectivity index (χ0n) is 12.1. The average Bonchev–Trinajstić information content (AvgIpc) is 2.38. The molecular weight excluding hydrogens is 268 g/mol. The Labute approximate surface area is 123 Å². The molecule has 0 amide bonds. The molecule has 1 aromatic carbocycles. The van der Waals surface area contributed by atoms with E-state index in [0.717, 1.165) is 17.5 Å². The standard InChI is InChI=1S/C16H18N2O3/c1-11-4-3-5-12(17-11)9-18(2)10-16(21)14-7-6-13(19)8-15(14)20/h3-8,19-20H,9-10H2,1-2H3. The van der Waals surface area contributed by atoms with Crippen LogP contribution in [0, 0.1) is 6.92 Å². The molecule has 0 saturated carbocycles. The molecule has 2 rings (SSSR count). The van der Waals surface area contributed by atoms with Crippen LogP contribution in [0.25, 0.3) is 0 Å². The van der Waals surface area contributed by atoms with E-state index in [0.29, 0.717) is 6.54 Å². The fourth-order valence-corrected chi connectivity index (χ4v) is 2.11. The second-order valence-electron chi connectivity index (χ2n) is 5.07. The molecule has 0 aliphatic rings. The van der Waals surface area contributed by atoms with Gasteiger partial charge in [-0.25, -0.2) is 0 Å². The maximum Gasteiger partial charge on any atom is 0.180 e. The maximum absolute atomic E-state index is 12.1. The van der Waals surface area contributed by atoms with Gasteiger partial charge in [0.2, 0.25) is 0 Å². The molecule has 2 N–H and O–H groups in total. The molecule has 0 aliphatic carbocycles. The molecular formula is C16H18N2O3. The molecule has 0 spiro atoms. The van der Waals surface area contributed by atoms with Crippen LogP contribution in [0.2, 0.25) is 0 Å². The van der Waals surface area contributed by atoms with Crippen molar-refractivity contribution in [3.63, 3.8) is 0 Å². The van der Waals surface area contributed by atoms with Gasteiger partial charge in [0.25, 0.3) is 0 Å². The number of carbonyl (C=O) groups is 1. The number of likely N-dealkylation sites (N-methyl/N-ethyl adjacent to an activating group) is 1. The molecule has 5 nitrogen and oxygen atoms in total. The third kappa shape index (κ3) is 4.03. The summed E-state index contributed by atoms with van der Waals surface area (Å²) in [6, 6.07) is 9.73. The van der Waals surface area contributed by atoms with Crippen LogP contribution in [0.1, 0.15) is 21.7 Å². The van der Waals surface area contributed by atoms with Crippen LogP contribution >= 0.6 is 0 Å². The normalized spacial score (nSPS) is 10.8. The monoisotopic (exact) mass is 286 g/mol. The Kier molecular flexibility index (Phi) is 4.55. The van der Waals surface area contributed by atoms with Gasteiger partial charge < -0.3 is 10.2 Å². The number of Topliss-reactive ketones (excluding diaryl/α,β-unsaturated/α-hetero) is 1. The van der Waals surface area contributed by atoms with Gasteiger partial charge in [0, 0.05) is 18.3 Å². The number of rotatable bonds is 5. The first-order chi connectivity index (χ1) is 9.95. The molecule has 0 aliphatic heterocycles. The number of aromatic nitrogens is 1. The molecule has 0 unspecified atom stereocenters. The van der Waals surface area contributed by atoms with E-state index in [1.165, 1.54) is 12.1 Å². The molecule has 21 heavy (non-hydrogen) atoms. The highest BCUT2D eigenvalue weighted by Crippen LogP contribution is 2.23. The SMILES string of the molecule is Cc1cccc(CN(C)CC(=O)c2ccc(O)cc2O)n1. The van der Waals surface area contributed by atoms with Crippen LogP contribution in [-0.4, -0.2) is 39.5 Å². The third-order valence-electron chi connectivity index (χ3n) is 3.07. The van der Waals surface area contributed by atoms with Crippen molar-refractivity contribution in [1.82, 2.24) is 9.88 Å². The van der Waals surface area contributed by atoms with E-state index in [1.54, 1.807) is 0 Å². The summed E-state index contributed by atoms with van der Waals surface area (Å²) < 4.78 is 0. The van der Waals surface area contributed by atoms with Crippen LogP contribution in [0.3, 0.4) is 0 Å². The summed E-state index contributed by atoms with van der Waals surface area (Å²) in [6.45, 7) is 2.63. The first-order valence-corrected chi connectivity index (χ1v) is 6.62. The Morgan fingerprint density at radius 1 is 1.24 bits per heavy atom. The number of carbonyl (C=O) groups excluding carboxylic acids is 1. The highest BCUT2D eigenvalue weighted by Gasteiger charge is 2.14. The van der Waals surface area contributed by atoms with E-state index in [-0.39, 0.29) is 29.4 Å². The van der Waals surface area contributed by atoms with Crippen LogP contribution in [-0.2, 0) is 6.54 Å². The van der Waals surface area contributed by atoms with Crippen molar-refractivity contribution in [3.05, 3.63) is 53.3 Å². The van der Waals surface area contributed by atoms with Crippen LogP contribution < -0.4 is 0 Å². The molecule has 0 atom stereocenters. The minimum Gasteiger partial charge on any atom is -0.508 e. The summed E-state index contributed by atoms with van der Waals surface area (Å²) in [6.07, 6.45) is 0. The predicted octanol–water partition coefficient (Wildman–Crippen LogP) is 2.12. The van der Waals surface area contributed by atoms with Gasteiger partial charge in [-0.05, 0) is 38.2 Å². The summed E-state index contributed by atoms with van der Waals surface area (Å²) in [7, 11) is 1.82. The van der Waals surface area contributed by atoms with Gasteiger partial charge in [-0.15, -0.1) is 0 Å². The van der Waals surface area contributed by atoms with Gasteiger partial charge in [0.1, 0.15) is 11.5 Å². The summed E-state index contributed by atoms with van der Waals surface area (Å²) >= 11 is 0. The number of aryl methyl sites for hydroxylation is 1. The van der Waals surface area contributed by atoms with Crippen LogP contribution in [0.5, 0.6) is 11.5 Å². The van der Waals surface area contributed by atoms with Crippen molar-refractivity contribution in [3.8, 4) is 11.5 Å². The molecule has 0 fully saturated rings. The minimum absolute atomic E-state index is 0.0682. The second kappa shape index (κ2) is 6.37. The molecule has 5 heteroatoms. The van der Waals surface area contributed by atoms with Gasteiger partial charge in [-0.1, -0.05) is 6.07 Å². The van der Waals surface area contributed by atoms with Crippen molar-refractivity contribution < 1.29 is 15.0 Å². The largest absolute Gasteiger partial charge is 0.508 e. The highest BCUT2D eigenvalue weighted by molar-refractivity contribution is 6.00. The Morgan fingerprint density at radius 2 is 2.00 bits per heavy atom. The summed E-state index contributed by atoms with van der Waals surface area (Å²) in [5.74, 6) is -0.480. The van der Waals surface area contributed by atoms with Crippen molar-refractivity contribution in [2.45, 2.75) is 13.5 Å². The van der Waals surface area contributed by atoms with Crippen molar-refractivity contribution in [2.24, 2.45) is 0 Å². The number of aromatic hydroxyl groups is 2. The molecule has 0 saturated heterocycles. The molecule has 1 aromatic heterocycles. The van der Waals surface area contributed by atoms with E-state index in [9.17, 15) is 15.0 Å². The number of phenols is 2. The van der Waals surface area contributed by atoms with E-state index in [2.05, 4.69) is 4.98 Å². The maximum atomic E-state index is 12.1. The van der Waals surface area contributed by atoms with Gasteiger partial charge in [0.15, 0.2) is 5.78 Å². The fraction of sp³-hybridized carbons (Fsp3) is 0.250. The summed E-state index contributed by atoms with van der Waals surface area (Å²) in [5, 5.41) is 18.9. The molecule has 1 heterocycles. The Morgan fingerprint density at radius 3 is 2.67 bits per heavy atom. The zero-order valence-corrected chi connectivity index (χ0v) is 12.1. The Hall–Kier alpha value is -2.40. The predicted molar refractivity (Wildman–Crippen MR) is 79.4 cm³/mol. The van der Waals surface area contributed by atoms with E-state index in [1.807, 2.05) is 37.1 Å². The lowest BCUT2D eigenvalue weighted by Crippen LogP contribution is -2.26. The average molecular weight is 286 g/mol. The number of benzene rings is 1. The van der Waals surface area contributed by atoms with Gasteiger partial charge in [0.05, 0.1) is 17.8 Å². The molecule has 0 radical (unpaired) electrons. The van der Waals surface area contributed by atoms with Crippen molar-refractivity contribution in [2.75, 3.05) is 13.6 Å². The molecule has 110 valence electrons. The van der Waals surface area contributed by atoms with Gasteiger partial charge >= 0.3 is 0 Å². The van der Waals surface area contributed by atoms with Gasteiger partial charge in [-0.2, -0.15) is 0 Å². The molecule has 0 bridgehead atoms. The Bertz CT molecular complexity index is 656. The van der Waals surface area contributed by atoms with E-state index < -0.39 is 0 Å². The number of hydrogen-bond donors (Lipinski definition) is 2. The smallest absolute Gasteiger partial charge is 0.180 e. The first-order valence-electron chi connectivity index (χ1n) is 6.62. The first kappa shape index (κ1) is 15.0. The minimum atomic E-state index is -0.206. The molecule has 2 aromatic rings. The topological polar surface area (TPSA) is 73.7 Å². The summed E-state index contributed by atoms with van der Waals surface area (Å²) in [4.78, 5) is 18.4. The lowest BCUT2D eigenvalue weighted by molar-refractivity contribution is 0.0940. The van der Waals surface area contributed by atoms with Crippen molar-refractivity contribution >= 4 is 5.78 Å². The highest BCUT2D eigenvalue weighted by atomic mass is 16.3. The number of pyridine rings is 1. The zero-order chi connectivity index (χ0) is 15.4. The number of phenolic OH excluding ortho intramolecular Hbond substituents is 2. The number of ketones is 1. The number of hydrogen-bond acceptors (Lipinski definition) is 5. The van der Waals surface area contributed by atoms with Crippen LogP contribution in [0.4, 0.5) is 0 Å². The Balaban J connectivity index is 2.02. The summed E-state index contributed by atoms with van der Waals surface area (Å²) in [5.41, 5.74) is 2.03. The van der Waals surface area contributed by atoms with Crippen LogP contribution in [0.15, 0.2) is 36.4 Å². The fourth-order valence-electron chi connectivity index (χ4n) is 2.11. The van der Waals surface area contributed by atoms with Crippen molar-refractivity contribution in [1.29, 1.82) is 0 Å². The number of nitrogens with zero attached hydrogens (tertiary/aromatic N) is 2. The second-order valence-corrected chi connectivity index (χ2v) is 5.07. The quantitative estimate of drug-likeness (QED) is 0.824. The van der Waals surface area contributed by atoms with E-state index in [4.69, 9.17) is 0 Å². The van der Waals surface area contributed by atoms with Gasteiger partial charge in [-0.3, -0.25) is 14.7 Å².